The Morgan fingerprint density at radius 1 is 1.30 bits per heavy atom. The summed E-state index contributed by atoms with van der Waals surface area (Å²) in [5, 5.41) is 2.57. The maximum atomic E-state index is 11.5. The maximum Gasteiger partial charge on any atom is 0.311 e. The van der Waals surface area contributed by atoms with Gasteiger partial charge in [0.2, 0.25) is 0 Å². The molecule has 0 N–H and O–H groups in total. The second-order valence-electron chi connectivity index (χ2n) is 4.20. The quantitative estimate of drug-likeness (QED) is 0.757. The third-order valence-electron chi connectivity index (χ3n) is 2.67. The Morgan fingerprint density at radius 3 is 2.80 bits per heavy atom. The van der Waals surface area contributed by atoms with Crippen molar-refractivity contribution >= 4 is 28.9 Å². The molecule has 0 spiro atoms. The van der Waals surface area contributed by atoms with Gasteiger partial charge in [-0.3, -0.25) is 4.79 Å². The van der Waals surface area contributed by atoms with Crippen LogP contribution in [-0.4, -0.2) is 12.6 Å². The van der Waals surface area contributed by atoms with Gasteiger partial charge >= 0.3 is 5.97 Å². The van der Waals surface area contributed by atoms with Crippen LogP contribution < -0.4 is 4.74 Å². The van der Waals surface area contributed by atoms with Gasteiger partial charge in [0.05, 0.1) is 17.9 Å². The number of carbonyl (C=O) groups is 1. The number of ether oxygens (including phenoxy) is 2. The molecule has 0 fully saturated rings. The van der Waals surface area contributed by atoms with E-state index < -0.39 is 0 Å². The summed E-state index contributed by atoms with van der Waals surface area (Å²) < 4.78 is 10.8. The molecule has 3 nitrogen and oxygen atoms in total. The normalized spacial score (nSPS) is 10.3. The largest absolute Gasteiger partial charge is 0.466 e. The van der Waals surface area contributed by atoms with Gasteiger partial charge in [0.1, 0.15) is 11.5 Å². The van der Waals surface area contributed by atoms with Crippen LogP contribution in [-0.2, 0) is 16.0 Å². The van der Waals surface area contributed by atoms with Gasteiger partial charge in [-0.2, -0.15) is 0 Å². The molecule has 2 aromatic rings. The Kier molecular flexibility index (Phi) is 5.04. The lowest BCUT2D eigenvalue weighted by molar-refractivity contribution is -0.142. The first-order valence-corrected chi connectivity index (χ1v) is 7.52. The second-order valence-corrected chi connectivity index (χ2v) is 5.64. The smallest absolute Gasteiger partial charge is 0.311 e. The fourth-order valence-corrected chi connectivity index (χ4v) is 2.75. The van der Waals surface area contributed by atoms with Crippen molar-refractivity contribution in [1.82, 2.24) is 0 Å². The van der Waals surface area contributed by atoms with E-state index in [0.717, 1.165) is 16.2 Å². The molecule has 1 aromatic heterocycles. The van der Waals surface area contributed by atoms with E-state index >= 15 is 0 Å². The van der Waals surface area contributed by atoms with Crippen molar-refractivity contribution in [3.63, 3.8) is 0 Å². The molecule has 1 aromatic carbocycles. The van der Waals surface area contributed by atoms with Crippen molar-refractivity contribution in [2.45, 2.75) is 20.3 Å². The molecule has 1 heterocycles. The Bertz CT molecular complexity index is 607. The van der Waals surface area contributed by atoms with Gasteiger partial charge in [-0.25, -0.2) is 0 Å². The van der Waals surface area contributed by atoms with Crippen molar-refractivity contribution in [3.8, 4) is 11.5 Å². The van der Waals surface area contributed by atoms with E-state index in [4.69, 9.17) is 21.1 Å². The highest BCUT2D eigenvalue weighted by atomic mass is 35.5. The molecule has 0 aliphatic rings. The van der Waals surface area contributed by atoms with E-state index in [-0.39, 0.29) is 12.4 Å². The van der Waals surface area contributed by atoms with E-state index in [9.17, 15) is 4.79 Å². The number of esters is 1. The van der Waals surface area contributed by atoms with Crippen molar-refractivity contribution in [2.75, 3.05) is 6.61 Å². The Morgan fingerprint density at radius 2 is 2.10 bits per heavy atom. The van der Waals surface area contributed by atoms with Gasteiger partial charge in [0, 0.05) is 5.02 Å². The van der Waals surface area contributed by atoms with E-state index in [2.05, 4.69) is 0 Å². The van der Waals surface area contributed by atoms with Crippen molar-refractivity contribution in [2.24, 2.45) is 0 Å². The molecule has 0 bridgehead atoms. The molecular weight excluding hydrogens is 296 g/mol. The Balaban J connectivity index is 2.14. The van der Waals surface area contributed by atoms with Crippen LogP contribution in [0.1, 0.15) is 17.4 Å². The summed E-state index contributed by atoms with van der Waals surface area (Å²) in [5.74, 6) is 1.18. The highest BCUT2D eigenvalue weighted by Gasteiger charge is 2.13. The zero-order valence-electron chi connectivity index (χ0n) is 11.3. The topological polar surface area (TPSA) is 35.5 Å². The Labute approximate surface area is 127 Å². The zero-order chi connectivity index (χ0) is 14.5. The van der Waals surface area contributed by atoms with Crippen molar-refractivity contribution in [3.05, 3.63) is 45.1 Å². The van der Waals surface area contributed by atoms with Crippen LogP contribution in [0, 0.1) is 6.92 Å². The predicted molar refractivity (Wildman–Crippen MR) is 80.9 cm³/mol. The van der Waals surface area contributed by atoms with Gasteiger partial charge in [-0.05, 0) is 49.1 Å². The first-order valence-electron chi connectivity index (χ1n) is 6.26. The summed E-state index contributed by atoms with van der Waals surface area (Å²) >= 11 is 7.40. The van der Waals surface area contributed by atoms with Crippen LogP contribution in [0.25, 0.3) is 0 Å². The lowest BCUT2D eigenvalue weighted by Crippen LogP contribution is -2.07. The number of halogens is 1. The highest BCUT2D eigenvalue weighted by molar-refractivity contribution is 7.10. The molecule has 0 aliphatic heterocycles. The van der Waals surface area contributed by atoms with E-state index in [1.54, 1.807) is 13.0 Å². The van der Waals surface area contributed by atoms with E-state index in [1.807, 2.05) is 30.5 Å². The average molecular weight is 311 g/mol. The summed E-state index contributed by atoms with van der Waals surface area (Å²) in [6, 6.07) is 7.30. The lowest BCUT2D eigenvalue weighted by Gasteiger charge is -2.09. The minimum atomic E-state index is -0.243. The monoisotopic (exact) mass is 310 g/mol. The average Bonchev–Trinajstić information content (AvgIpc) is 2.80. The number of thiophene rings is 1. The molecule has 20 heavy (non-hydrogen) atoms. The van der Waals surface area contributed by atoms with E-state index in [0.29, 0.717) is 17.4 Å². The van der Waals surface area contributed by atoms with Crippen LogP contribution in [0.2, 0.25) is 5.02 Å². The Hall–Kier alpha value is -1.52. The SMILES string of the molecule is CCOC(=O)Cc1sccc1Oc1ccc(Cl)cc1C. The molecule has 0 saturated carbocycles. The summed E-state index contributed by atoms with van der Waals surface area (Å²) in [4.78, 5) is 12.4. The van der Waals surface area contributed by atoms with Gasteiger partial charge in [-0.15, -0.1) is 11.3 Å². The van der Waals surface area contributed by atoms with Crippen molar-refractivity contribution in [1.29, 1.82) is 0 Å². The molecule has 106 valence electrons. The molecular formula is C15H15ClO3S. The number of rotatable bonds is 5. The molecule has 0 unspecified atom stereocenters. The summed E-state index contributed by atoms with van der Waals surface area (Å²) in [7, 11) is 0. The van der Waals surface area contributed by atoms with Gasteiger partial charge in [-0.1, -0.05) is 11.6 Å². The van der Waals surface area contributed by atoms with Crippen LogP contribution in [0.15, 0.2) is 29.6 Å². The zero-order valence-corrected chi connectivity index (χ0v) is 12.9. The minimum Gasteiger partial charge on any atom is -0.466 e. The number of hydrogen-bond donors (Lipinski definition) is 0. The first-order chi connectivity index (χ1) is 9.60. The van der Waals surface area contributed by atoms with E-state index in [1.165, 1.54) is 11.3 Å². The lowest BCUT2D eigenvalue weighted by atomic mass is 10.2. The van der Waals surface area contributed by atoms with Crippen molar-refractivity contribution < 1.29 is 14.3 Å². The summed E-state index contributed by atoms with van der Waals surface area (Å²) in [5.41, 5.74) is 0.950. The van der Waals surface area contributed by atoms with Crippen LogP contribution >= 0.6 is 22.9 Å². The number of carbonyl (C=O) groups excluding carboxylic acids is 1. The predicted octanol–water partition coefficient (Wildman–Crippen LogP) is 4.61. The summed E-state index contributed by atoms with van der Waals surface area (Å²) in [6.07, 6.45) is 0.230. The second kappa shape index (κ2) is 6.77. The van der Waals surface area contributed by atoms with Crippen LogP contribution in [0.3, 0.4) is 0 Å². The maximum absolute atomic E-state index is 11.5. The van der Waals surface area contributed by atoms with Gasteiger partial charge < -0.3 is 9.47 Å². The fourth-order valence-electron chi connectivity index (χ4n) is 1.74. The fraction of sp³-hybridized carbons (Fsp3) is 0.267. The van der Waals surface area contributed by atoms with Crippen LogP contribution in [0.4, 0.5) is 0 Å². The molecule has 0 radical (unpaired) electrons. The molecule has 0 saturated heterocycles. The number of benzene rings is 1. The summed E-state index contributed by atoms with van der Waals surface area (Å²) in [6.45, 7) is 4.11. The van der Waals surface area contributed by atoms with Crippen LogP contribution in [0.5, 0.6) is 11.5 Å². The number of aryl methyl sites for hydroxylation is 1. The molecule has 0 amide bonds. The first kappa shape index (κ1) is 14.9. The molecule has 0 atom stereocenters. The third-order valence-corrected chi connectivity index (χ3v) is 3.81. The number of hydrogen-bond acceptors (Lipinski definition) is 4. The highest BCUT2D eigenvalue weighted by Crippen LogP contribution is 2.32. The standard InChI is InChI=1S/C15H15ClO3S/c1-3-18-15(17)9-14-13(6-7-20-14)19-12-5-4-11(16)8-10(12)2/h4-8H,3,9H2,1-2H3. The van der Waals surface area contributed by atoms with Gasteiger partial charge in [0.15, 0.2) is 0 Å². The molecule has 2 rings (SSSR count). The minimum absolute atomic E-state index is 0.230. The van der Waals surface area contributed by atoms with Gasteiger partial charge in [0.25, 0.3) is 0 Å². The molecule has 0 aliphatic carbocycles. The molecule has 5 heteroatoms. The third kappa shape index (κ3) is 3.74.